The van der Waals surface area contributed by atoms with Crippen molar-refractivity contribution < 1.29 is 19.8 Å². The maximum Gasteiger partial charge on any atom is 0.238 e. The van der Waals surface area contributed by atoms with Gasteiger partial charge in [-0.2, -0.15) is 0 Å². The van der Waals surface area contributed by atoms with Crippen molar-refractivity contribution in [1.82, 2.24) is 4.90 Å². The Labute approximate surface area is 298 Å². The fraction of sp³-hybridized carbons (Fsp3) is 0.409. The van der Waals surface area contributed by atoms with E-state index in [0.29, 0.717) is 19.3 Å². The van der Waals surface area contributed by atoms with Crippen LogP contribution in [0, 0.1) is 17.3 Å². The van der Waals surface area contributed by atoms with Crippen LogP contribution in [-0.2, 0) is 35.3 Å². The van der Waals surface area contributed by atoms with Gasteiger partial charge in [-0.25, -0.2) is 0 Å². The number of carbonyl (C=O) groups is 2. The summed E-state index contributed by atoms with van der Waals surface area (Å²) in [4.78, 5) is 30.6. The van der Waals surface area contributed by atoms with Crippen LogP contribution in [0.15, 0.2) is 121 Å². The van der Waals surface area contributed by atoms with Gasteiger partial charge in [-0.05, 0) is 46.9 Å². The van der Waals surface area contributed by atoms with Crippen molar-refractivity contribution >= 4 is 11.8 Å². The number of amides is 2. The van der Waals surface area contributed by atoms with Crippen molar-refractivity contribution in [3.63, 3.8) is 0 Å². The molecule has 0 spiro atoms. The third kappa shape index (κ3) is 8.03. The highest BCUT2D eigenvalue weighted by molar-refractivity contribution is 6.05. The molecule has 5 rings (SSSR count). The summed E-state index contributed by atoms with van der Waals surface area (Å²) in [5.74, 6) is -1.57. The maximum absolute atomic E-state index is 15.5. The number of carbonyl (C=O) groups excluding carboxylic acids is 2. The summed E-state index contributed by atoms with van der Waals surface area (Å²) in [7, 11) is 0. The molecule has 2 atom stereocenters. The second kappa shape index (κ2) is 15.7. The predicted octanol–water partition coefficient (Wildman–Crippen LogP) is 6.95. The molecule has 1 fully saturated rings. The summed E-state index contributed by atoms with van der Waals surface area (Å²) in [5.41, 5.74) is 5.49. The first-order valence-electron chi connectivity index (χ1n) is 18.1. The molecule has 0 bridgehead atoms. The first kappa shape index (κ1) is 37.0. The van der Waals surface area contributed by atoms with E-state index < -0.39 is 40.5 Å². The smallest absolute Gasteiger partial charge is 0.238 e. The zero-order valence-electron chi connectivity index (χ0n) is 30.0. The Bertz CT molecular complexity index is 1480. The van der Waals surface area contributed by atoms with Crippen LogP contribution in [-0.4, -0.2) is 50.2 Å². The summed E-state index contributed by atoms with van der Waals surface area (Å²) in [6, 6.07) is 37.8. The highest BCUT2D eigenvalue weighted by atomic mass is 16.3. The van der Waals surface area contributed by atoms with E-state index in [4.69, 9.17) is 5.73 Å². The van der Waals surface area contributed by atoms with Gasteiger partial charge in [0.05, 0.1) is 23.3 Å². The Morgan fingerprint density at radius 3 is 1.08 bits per heavy atom. The lowest BCUT2D eigenvalue weighted by atomic mass is 9.64. The lowest BCUT2D eigenvalue weighted by Crippen LogP contribution is -2.72. The van der Waals surface area contributed by atoms with Crippen molar-refractivity contribution in [3.8, 4) is 0 Å². The van der Waals surface area contributed by atoms with Crippen LogP contribution in [0.4, 0.5) is 0 Å². The summed E-state index contributed by atoms with van der Waals surface area (Å²) in [6.45, 7) is 8.09. The van der Waals surface area contributed by atoms with Crippen LogP contribution in [0.5, 0.6) is 0 Å². The second-order valence-electron chi connectivity index (χ2n) is 15.2. The molecule has 0 heterocycles. The first-order valence-corrected chi connectivity index (χ1v) is 18.1. The van der Waals surface area contributed by atoms with E-state index in [-0.39, 0.29) is 37.5 Å². The van der Waals surface area contributed by atoms with E-state index in [1.807, 2.05) is 149 Å². The van der Waals surface area contributed by atoms with Crippen molar-refractivity contribution in [3.05, 3.63) is 144 Å². The topological polar surface area (TPSA) is 104 Å². The number of nitrogens with zero attached hydrogens (tertiary/aromatic N) is 1. The number of primary amides is 1. The van der Waals surface area contributed by atoms with Crippen molar-refractivity contribution in [2.45, 2.75) is 95.9 Å². The van der Waals surface area contributed by atoms with Crippen LogP contribution in [0.25, 0.3) is 0 Å². The molecule has 0 saturated heterocycles. The van der Waals surface area contributed by atoms with Crippen LogP contribution < -0.4 is 5.73 Å². The molecule has 1 aliphatic rings. The SMILES string of the molecule is CC(C)[C@@H](N(C(=O)C1(C(N)=O)CCC1)[C@H](C(C)C)C(O)(Cc1ccccc1)Cc1ccccc1)C(O)(Cc1ccccc1)Cc1ccccc1. The van der Waals surface area contributed by atoms with Gasteiger partial charge in [0.2, 0.25) is 11.8 Å². The normalized spacial score (nSPS) is 15.7. The van der Waals surface area contributed by atoms with Crippen molar-refractivity contribution in [2.75, 3.05) is 0 Å². The Balaban J connectivity index is 1.76. The highest BCUT2D eigenvalue weighted by Gasteiger charge is 2.59. The second-order valence-corrected chi connectivity index (χ2v) is 15.2. The minimum Gasteiger partial charge on any atom is -0.387 e. The number of rotatable bonds is 16. The molecule has 0 aromatic heterocycles. The van der Waals surface area contributed by atoms with E-state index in [2.05, 4.69) is 0 Å². The molecular formula is C44H54N2O4. The number of nitrogens with two attached hydrogens (primary N) is 1. The number of hydrogen-bond acceptors (Lipinski definition) is 4. The Kier molecular flexibility index (Phi) is 11.7. The fourth-order valence-corrected chi connectivity index (χ4v) is 8.51. The number of benzene rings is 4. The Morgan fingerprint density at radius 1 is 0.600 bits per heavy atom. The zero-order valence-corrected chi connectivity index (χ0v) is 30.0. The molecule has 0 unspecified atom stereocenters. The van der Waals surface area contributed by atoms with Crippen LogP contribution in [0.1, 0.15) is 69.2 Å². The summed E-state index contributed by atoms with van der Waals surface area (Å²) in [6.07, 6.45) is 2.45. The highest BCUT2D eigenvalue weighted by Crippen LogP contribution is 2.47. The molecule has 6 nitrogen and oxygen atoms in total. The molecule has 2 amide bonds. The van der Waals surface area contributed by atoms with Crippen LogP contribution >= 0.6 is 0 Å². The molecule has 4 N–H and O–H groups in total. The average molecular weight is 675 g/mol. The van der Waals surface area contributed by atoms with E-state index >= 15 is 4.79 Å². The third-order valence-electron chi connectivity index (χ3n) is 10.7. The zero-order chi connectivity index (χ0) is 35.9. The molecule has 0 aliphatic heterocycles. The number of aliphatic hydroxyl groups is 2. The Hall–Kier alpha value is -4.26. The molecule has 1 aliphatic carbocycles. The molecular weight excluding hydrogens is 620 g/mol. The monoisotopic (exact) mass is 674 g/mol. The van der Waals surface area contributed by atoms with Crippen LogP contribution in [0.2, 0.25) is 0 Å². The minimum absolute atomic E-state index is 0.263. The summed E-state index contributed by atoms with van der Waals surface area (Å²) in [5, 5.41) is 26.7. The molecule has 4 aromatic rings. The largest absolute Gasteiger partial charge is 0.387 e. The maximum atomic E-state index is 15.5. The molecule has 264 valence electrons. The van der Waals surface area contributed by atoms with E-state index in [9.17, 15) is 15.0 Å². The van der Waals surface area contributed by atoms with Crippen LogP contribution in [0.3, 0.4) is 0 Å². The standard InChI is InChI=1S/C44H54N2O4/c1-32(2)38(43(49,28-34-18-9-5-10-19-34)29-35-20-11-6-12-21-35)46(41(48)42(40(45)47)26-17-27-42)39(33(3)4)44(50,30-36-22-13-7-14-23-36)31-37-24-15-8-16-25-37/h5-16,18-25,32-33,38-39,49-50H,17,26-31H2,1-4H3,(H2,45,47)/t38-,39-/m1/s1. The van der Waals surface area contributed by atoms with Gasteiger partial charge in [0.25, 0.3) is 0 Å². The lowest BCUT2D eigenvalue weighted by molar-refractivity contribution is -0.183. The molecule has 4 aromatic carbocycles. The lowest BCUT2D eigenvalue weighted by Gasteiger charge is -2.56. The fourth-order valence-electron chi connectivity index (χ4n) is 8.51. The van der Waals surface area contributed by atoms with Gasteiger partial charge >= 0.3 is 0 Å². The van der Waals surface area contributed by atoms with Gasteiger partial charge in [0.15, 0.2) is 0 Å². The van der Waals surface area contributed by atoms with Gasteiger partial charge in [0.1, 0.15) is 5.41 Å². The first-order chi connectivity index (χ1) is 23.9. The predicted molar refractivity (Wildman–Crippen MR) is 200 cm³/mol. The van der Waals surface area contributed by atoms with Gasteiger partial charge in [-0.3, -0.25) is 9.59 Å². The van der Waals surface area contributed by atoms with Crippen molar-refractivity contribution in [1.29, 1.82) is 0 Å². The third-order valence-corrected chi connectivity index (χ3v) is 10.7. The summed E-state index contributed by atoms with van der Waals surface area (Å²) < 4.78 is 0. The number of hydrogen-bond donors (Lipinski definition) is 3. The molecule has 1 saturated carbocycles. The van der Waals surface area contributed by atoms with Gasteiger partial charge in [0, 0.05) is 25.7 Å². The molecule has 50 heavy (non-hydrogen) atoms. The van der Waals surface area contributed by atoms with Gasteiger partial charge in [-0.15, -0.1) is 0 Å². The van der Waals surface area contributed by atoms with E-state index in [0.717, 1.165) is 22.3 Å². The van der Waals surface area contributed by atoms with Gasteiger partial charge in [-0.1, -0.05) is 155 Å². The Morgan fingerprint density at radius 2 is 0.880 bits per heavy atom. The van der Waals surface area contributed by atoms with Gasteiger partial charge < -0.3 is 20.8 Å². The van der Waals surface area contributed by atoms with E-state index in [1.54, 1.807) is 4.90 Å². The van der Waals surface area contributed by atoms with Crippen molar-refractivity contribution in [2.24, 2.45) is 23.0 Å². The quantitative estimate of drug-likeness (QED) is 0.112. The molecule has 0 radical (unpaired) electrons. The average Bonchev–Trinajstić information content (AvgIpc) is 3.05. The van der Waals surface area contributed by atoms with E-state index in [1.165, 1.54) is 0 Å². The summed E-state index contributed by atoms with van der Waals surface area (Å²) >= 11 is 0. The minimum atomic E-state index is -1.48. The molecule has 6 heteroatoms.